The maximum Gasteiger partial charge on any atom is 0.320 e. The average Bonchev–Trinajstić information content (AvgIpc) is 2.49. The minimum atomic E-state index is -0.418. The van der Waals surface area contributed by atoms with Gasteiger partial charge in [-0.05, 0) is 65.2 Å². The zero-order chi connectivity index (χ0) is 20.3. The first kappa shape index (κ1) is 24.3. The van der Waals surface area contributed by atoms with Gasteiger partial charge >= 0.3 is 5.97 Å². The number of carbonyl (C=O) groups excluding carboxylic acids is 1. The molecule has 6 heteroatoms. The summed E-state index contributed by atoms with van der Waals surface area (Å²) >= 11 is 0. The van der Waals surface area contributed by atoms with Crippen LogP contribution in [-0.2, 0) is 9.53 Å². The monoisotopic (exact) mass is 384 g/mol. The van der Waals surface area contributed by atoms with Crippen LogP contribution in [0.1, 0.15) is 54.4 Å². The van der Waals surface area contributed by atoms with Crippen LogP contribution in [0.5, 0.6) is 0 Å². The molecule has 0 unspecified atom stereocenters. The van der Waals surface area contributed by atoms with Crippen molar-refractivity contribution in [1.29, 1.82) is 0 Å². The van der Waals surface area contributed by atoms with Crippen LogP contribution in [0.3, 0.4) is 0 Å². The fourth-order valence-corrected chi connectivity index (χ4v) is 3.35. The molecule has 160 valence electrons. The molecule has 0 spiro atoms. The highest BCUT2D eigenvalue weighted by Gasteiger charge is 2.19. The van der Waals surface area contributed by atoms with Gasteiger partial charge in [-0.2, -0.15) is 0 Å². The molecule has 1 fully saturated rings. The highest BCUT2D eigenvalue weighted by molar-refractivity contribution is 5.72. The van der Waals surface area contributed by atoms with Crippen LogP contribution in [0.4, 0.5) is 0 Å². The van der Waals surface area contributed by atoms with Crippen molar-refractivity contribution < 1.29 is 9.53 Å². The highest BCUT2D eigenvalue weighted by Crippen LogP contribution is 2.15. The van der Waals surface area contributed by atoms with Crippen molar-refractivity contribution in [2.24, 2.45) is 5.41 Å². The molecule has 0 atom stereocenters. The van der Waals surface area contributed by atoms with Crippen LogP contribution in [0.15, 0.2) is 0 Å². The van der Waals surface area contributed by atoms with E-state index in [9.17, 15) is 4.79 Å². The van der Waals surface area contributed by atoms with Gasteiger partial charge in [0.2, 0.25) is 0 Å². The van der Waals surface area contributed by atoms with Crippen molar-refractivity contribution in [1.82, 2.24) is 20.4 Å². The Balaban J connectivity index is 2.45. The van der Waals surface area contributed by atoms with Crippen molar-refractivity contribution in [3.63, 3.8) is 0 Å². The van der Waals surface area contributed by atoms with Gasteiger partial charge in [-0.3, -0.25) is 9.69 Å². The summed E-state index contributed by atoms with van der Waals surface area (Å²) in [4.78, 5) is 16.9. The molecule has 0 saturated carbocycles. The van der Waals surface area contributed by atoms with E-state index in [4.69, 9.17) is 4.74 Å². The molecule has 2 N–H and O–H groups in total. The summed E-state index contributed by atoms with van der Waals surface area (Å²) in [7, 11) is 0. The molecule has 1 aliphatic heterocycles. The van der Waals surface area contributed by atoms with E-state index in [0.29, 0.717) is 12.0 Å². The molecule has 0 aromatic carbocycles. The third-order valence-electron chi connectivity index (χ3n) is 4.34. The van der Waals surface area contributed by atoms with E-state index in [-0.39, 0.29) is 5.97 Å². The van der Waals surface area contributed by atoms with E-state index in [1.165, 1.54) is 0 Å². The number of carbonyl (C=O) groups is 1. The van der Waals surface area contributed by atoms with Gasteiger partial charge < -0.3 is 20.3 Å². The molecular weight excluding hydrogens is 340 g/mol. The van der Waals surface area contributed by atoms with Gasteiger partial charge in [-0.25, -0.2) is 0 Å². The summed E-state index contributed by atoms with van der Waals surface area (Å²) in [5.41, 5.74) is -0.0838. The normalized spacial score (nSPS) is 20.8. The minimum Gasteiger partial charge on any atom is -0.459 e. The second-order valence-corrected chi connectivity index (χ2v) is 9.91. The summed E-state index contributed by atoms with van der Waals surface area (Å²) in [6, 6.07) is 0. The van der Waals surface area contributed by atoms with Crippen molar-refractivity contribution >= 4 is 5.97 Å². The first-order chi connectivity index (χ1) is 12.6. The summed E-state index contributed by atoms with van der Waals surface area (Å²) in [5, 5.41) is 7.10. The number of rotatable bonds is 3. The molecule has 27 heavy (non-hydrogen) atoms. The quantitative estimate of drug-likeness (QED) is 0.726. The summed E-state index contributed by atoms with van der Waals surface area (Å²) in [5.74, 6) is -0.130. The molecule has 0 aromatic heterocycles. The molecule has 0 aromatic rings. The number of nitrogens with zero attached hydrogens (tertiary/aromatic N) is 2. The summed E-state index contributed by atoms with van der Waals surface area (Å²) in [6.07, 6.45) is 2.20. The molecule has 1 rings (SSSR count). The van der Waals surface area contributed by atoms with Gasteiger partial charge in [0.1, 0.15) is 5.60 Å². The van der Waals surface area contributed by atoms with Crippen molar-refractivity contribution in [2.45, 2.75) is 60.0 Å². The van der Waals surface area contributed by atoms with Crippen LogP contribution in [0.2, 0.25) is 0 Å². The first-order valence-corrected chi connectivity index (χ1v) is 10.6. The minimum absolute atomic E-state index is 0.130. The van der Waals surface area contributed by atoms with E-state index in [1.54, 1.807) is 0 Å². The lowest BCUT2D eigenvalue weighted by atomic mass is 9.96. The highest BCUT2D eigenvalue weighted by atomic mass is 16.6. The molecule has 0 amide bonds. The topological polar surface area (TPSA) is 56.8 Å². The molecule has 0 radical (unpaired) electrons. The molecule has 0 aliphatic carbocycles. The number of hydrogen-bond acceptors (Lipinski definition) is 6. The number of esters is 1. The second-order valence-electron chi connectivity index (χ2n) is 9.91. The van der Waals surface area contributed by atoms with Crippen LogP contribution >= 0.6 is 0 Å². The summed E-state index contributed by atoms with van der Waals surface area (Å²) < 4.78 is 5.48. The van der Waals surface area contributed by atoms with E-state index < -0.39 is 5.60 Å². The van der Waals surface area contributed by atoms with Gasteiger partial charge in [0, 0.05) is 32.7 Å². The predicted octanol–water partition coefficient (Wildman–Crippen LogP) is 1.95. The largest absolute Gasteiger partial charge is 0.459 e. The van der Waals surface area contributed by atoms with E-state index in [0.717, 1.165) is 71.7 Å². The summed E-state index contributed by atoms with van der Waals surface area (Å²) in [6.45, 7) is 22.2. The lowest BCUT2D eigenvalue weighted by molar-refractivity contribution is -0.156. The standard InChI is InChI=1S/C21H44N4O2/c1-20(2,3)18-25-14-8-10-22-11-15-24(13-7-9-23-12-16-25)17-19(26)27-21(4,5)6/h22-23H,7-18H2,1-6H3. The maximum atomic E-state index is 12.1. The van der Waals surface area contributed by atoms with Gasteiger partial charge in [0.15, 0.2) is 0 Å². The molecule has 0 bridgehead atoms. The SMILES string of the molecule is CC(C)(C)CN1CCCNCCN(CC(=O)OC(C)(C)C)CCCNCC1. The Morgan fingerprint density at radius 1 is 0.815 bits per heavy atom. The van der Waals surface area contributed by atoms with E-state index in [1.807, 2.05) is 20.8 Å². The number of nitrogens with one attached hydrogen (secondary N) is 2. The van der Waals surface area contributed by atoms with E-state index in [2.05, 4.69) is 41.2 Å². The lowest BCUT2D eigenvalue weighted by Gasteiger charge is -2.30. The fraction of sp³-hybridized carbons (Fsp3) is 0.952. The van der Waals surface area contributed by atoms with Gasteiger partial charge in [0.25, 0.3) is 0 Å². The Kier molecular flexibility index (Phi) is 10.8. The molecule has 6 nitrogen and oxygen atoms in total. The molecular formula is C21H44N4O2. The zero-order valence-electron chi connectivity index (χ0n) is 18.7. The molecule has 1 aliphatic rings. The Hall–Kier alpha value is -0.690. The maximum absolute atomic E-state index is 12.1. The van der Waals surface area contributed by atoms with Crippen molar-refractivity contribution in [3.05, 3.63) is 0 Å². The van der Waals surface area contributed by atoms with Crippen molar-refractivity contribution in [3.8, 4) is 0 Å². The average molecular weight is 385 g/mol. The molecule has 1 saturated heterocycles. The zero-order valence-corrected chi connectivity index (χ0v) is 18.7. The third-order valence-corrected chi connectivity index (χ3v) is 4.34. The van der Waals surface area contributed by atoms with Gasteiger partial charge in [-0.1, -0.05) is 20.8 Å². The Morgan fingerprint density at radius 3 is 1.85 bits per heavy atom. The van der Waals surface area contributed by atoms with Crippen LogP contribution in [-0.4, -0.2) is 86.8 Å². The predicted molar refractivity (Wildman–Crippen MR) is 113 cm³/mol. The molecule has 1 heterocycles. The van der Waals surface area contributed by atoms with E-state index >= 15 is 0 Å². The number of ether oxygens (including phenoxy) is 1. The fourth-order valence-electron chi connectivity index (χ4n) is 3.35. The second kappa shape index (κ2) is 12.0. The number of hydrogen-bond donors (Lipinski definition) is 2. The lowest BCUT2D eigenvalue weighted by Crippen LogP contribution is -2.42. The van der Waals surface area contributed by atoms with Crippen LogP contribution < -0.4 is 10.6 Å². The third kappa shape index (κ3) is 14.0. The van der Waals surface area contributed by atoms with Crippen molar-refractivity contribution in [2.75, 3.05) is 65.4 Å². The van der Waals surface area contributed by atoms with Crippen LogP contribution in [0.25, 0.3) is 0 Å². The first-order valence-electron chi connectivity index (χ1n) is 10.6. The smallest absolute Gasteiger partial charge is 0.320 e. The van der Waals surface area contributed by atoms with Gasteiger partial charge in [-0.15, -0.1) is 0 Å². The van der Waals surface area contributed by atoms with Crippen LogP contribution in [0, 0.1) is 5.41 Å². The Labute approximate surface area is 167 Å². The van der Waals surface area contributed by atoms with Gasteiger partial charge in [0.05, 0.1) is 6.54 Å². The Bertz CT molecular complexity index is 399. The Morgan fingerprint density at radius 2 is 1.33 bits per heavy atom.